The van der Waals surface area contributed by atoms with Gasteiger partial charge >= 0.3 is 0 Å². The normalized spacial score (nSPS) is 11.1. The topological polar surface area (TPSA) is 143 Å². The van der Waals surface area contributed by atoms with Gasteiger partial charge in [0.05, 0.1) is 22.7 Å². The number of rotatable bonds is 5. The molecule has 5 aromatic rings. The Bertz CT molecular complexity index is 1460. The maximum Gasteiger partial charge on any atom is 0.300 e. The predicted octanol–water partition coefficient (Wildman–Crippen LogP) is 3.25. The molecule has 0 atom stereocenters. The number of H-pyrrole nitrogens is 2. The van der Waals surface area contributed by atoms with Gasteiger partial charge in [0.2, 0.25) is 0 Å². The van der Waals surface area contributed by atoms with Crippen LogP contribution in [0.3, 0.4) is 0 Å². The number of carbonyl (C=O) groups is 1. The van der Waals surface area contributed by atoms with Crippen LogP contribution in [0.5, 0.6) is 0 Å². The van der Waals surface area contributed by atoms with Crippen LogP contribution in [0.1, 0.15) is 19.8 Å². The highest BCUT2D eigenvalue weighted by atomic mass is 16.4. The number of aromatic amines is 2. The van der Waals surface area contributed by atoms with Crippen LogP contribution >= 0.6 is 0 Å². The molecular formula is C23H24N6O3. The smallest absolute Gasteiger partial charge is 0.300 e. The lowest BCUT2D eigenvalue weighted by molar-refractivity contribution is -0.134. The van der Waals surface area contributed by atoms with Gasteiger partial charge < -0.3 is 20.4 Å². The number of benzene rings is 2. The van der Waals surface area contributed by atoms with Gasteiger partial charge in [0, 0.05) is 41.5 Å². The van der Waals surface area contributed by atoms with E-state index in [1.807, 2.05) is 36.5 Å². The molecule has 2 aromatic carbocycles. The third kappa shape index (κ3) is 4.23. The van der Waals surface area contributed by atoms with E-state index >= 15 is 0 Å². The standard InChI is InChI=1S/C21H20N6O.C2H4O2/c22-7-3-4-8-27-12-15(14-5-1-2-6-19(14)27)20-21(28)25-17-9-13-11-23-26-16(13)10-18(17)24-20;1-2(3)4/h1-2,5-6,9-12H,3-4,7-8,22H2,(H,23,26)(H,25,28);1H3,(H,3,4). The summed E-state index contributed by atoms with van der Waals surface area (Å²) in [6.45, 7) is 2.62. The minimum atomic E-state index is -0.833. The number of unbranched alkanes of at least 4 members (excludes halogenated alkanes) is 1. The van der Waals surface area contributed by atoms with Gasteiger partial charge in [-0.3, -0.25) is 14.7 Å². The number of hydrogen-bond acceptors (Lipinski definition) is 5. The molecule has 0 fully saturated rings. The molecule has 0 radical (unpaired) electrons. The second-order valence-corrected chi connectivity index (χ2v) is 7.51. The van der Waals surface area contributed by atoms with E-state index in [4.69, 9.17) is 20.6 Å². The Balaban J connectivity index is 0.000000567. The van der Waals surface area contributed by atoms with E-state index in [1.54, 1.807) is 6.20 Å². The van der Waals surface area contributed by atoms with E-state index in [-0.39, 0.29) is 5.56 Å². The molecule has 0 aliphatic carbocycles. The molecule has 0 bridgehead atoms. The van der Waals surface area contributed by atoms with Crippen molar-refractivity contribution in [2.45, 2.75) is 26.3 Å². The zero-order chi connectivity index (χ0) is 22.7. The Morgan fingerprint density at radius 3 is 2.75 bits per heavy atom. The molecular weight excluding hydrogens is 408 g/mol. The van der Waals surface area contributed by atoms with Gasteiger partial charge in [0.25, 0.3) is 11.5 Å². The van der Waals surface area contributed by atoms with Crippen molar-refractivity contribution in [2.24, 2.45) is 5.73 Å². The summed E-state index contributed by atoms with van der Waals surface area (Å²) in [6, 6.07) is 11.9. The molecule has 3 aromatic heterocycles. The number of aliphatic carboxylic acids is 1. The van der Waals surface area contributed by atoms with Crippen molar-refractivity contribution in [1.29, 1.82) is 0 Å². The summed E-state index contributed by atoms with van der Waals surface area (Å²) in [5.41, 5.74) is 10.1. The number of nitrogens with zero attached hydrogens (tertiary/aromatic N) is 3. The van der Waals surface area contributed by atoms with Gasteiger partial charge in [-0.05, 0) is 37.6 Å². The highest BCUT2D eigenvalue weighted by Gasteiger charge is 2.15. The van der Waals surface area contributed by atoms with E-state index < -0.39 is 5.97 Å². The lowest BCUT2D eigenvalue weighted by Gasteiger charge is -2.03. The van der Waals surface area contributed by atoms with E-state index in [0.29, 0.717) is 17.8 Å². The summed E-state index contributed by atoms with van der Waals surface area (Å²) in [5.74, 6) is -0.833. The number of nitrogens with two attached hydrogens (primary N) is 1. The molecule has 0 unspecified atom stereocenters. The molecule has 0 saturated carbocycles. The van der Waals surface area contributed by atoms with Crippen LogP contribution < -0.4 is 11.3 Å². The second kappa shape index (κ2) is 9.03. The summed E-state index contributed by atoms with van der Waals surface area (Å²) in [6.07, 6.45) is 5.72. The average molecular weight is 432 g/mol. The summed E-state index contributed by atoms with van der Waals surface area (Å²) in [4.78, 5) is 29.5. The van der Waals surface area contributed by atoms with Gasteiger partial charge in [-0.25, -0.2) is 4.98 Å². The first-order valence-corrected chi connectivity index (χ1v) is 10.3. The van der Waals surface area contributed by atoms with Gasteiger partial charge in [-0.1, -0.05) is 18.2 Å². The third-order valence-electron chi connectivity index (χ3n) is 5.15. The Morgan fingerprint density at radius 2 is 1.97 bits per heavy atom. The quantitative estimate of drug-likeness (QED) is 0.314. The first-order valence-electron chi connectivity index (χ1n) is 10.3. The maximum absolute atomic E-state index is 12.9. The van der Waals surface area contributed by atoms with Crippen LogP contribution in [0.2, 0.25) is 0 Å². The van der Waals surface area contributed by atoms with Crippen molar-refractivity contribution < 1.29 is 9.90 Å². The molecule has 3 heterocycles. The molecule has 32 heavy (non-hydrogen) atoms. The van der Waals surface area contributed by atoms with Crippen LogP contribution in [0, 0.1) is 0 Å². The Morgan fingerprint density at radius 1 is 1.19 bits per heavy atom. The Labute approximate surface area is 182 Å². The summed E-state index contributed by atoms with van der Waals surface area (Å²) < 4.78 is 2.18. The lowest BCUT2D eigenvalue weighted by atomic mass is 10.1. The molecule has 0 saturated heterocycles. The Kier molecular flexibility index (Phi) is 6.00. The number of hydrogen-bond donors (Lipinski definition) is 4. The Hall–Kier alpha value is -3.98. The highest BCUT2D eigenvalue weighted by Crippen LogP contribution is 2.29. The number of aryl methyl sites for hydroxylation is 1. The average Bonchev–Trinajstić information content (AvgIpc) is 3.36. The van der Waals surface area contributed by atoms with Crippen molar-refractivity contribution in [3.8, 4) is 11.3 Å². The second-order valence-electron chi connectivity index (χ2n) is 7.51. The molecule has 9 heteroatoms. The molecule has 5 rings (SSSR count). The molecule has 0 spiro atoms. The van der Waals surface area contributed by atoms with E-state index in [9.17, 15) is 4.79 Å². The molecule has 0 amide bonds. The van der Waals surface area contributed by atoms with E-state index in [0.717, 1.165) is 59.2 Å². The first-order chi connectivity index (χ1) is 15.5. The fourth-order valence-corrected chi connectivity index (χ4v) is 3.75. The monoisotopic (exact) mass is 432 g/mol. The minimum Gasteiger partial charge on any atom is -0.481 e. The highest BCUT2D eigenvalue weighted by molar-refractivity contribution is 5.97. The first kappa shape index (κ1) is 21.3. The fraction of sp³-hybridized carbons (Fsp3) is 0.217. The minimum absolute atomic E-state index is 0.194. The molecule has 5 N–H and O–H groups in total. The number of carboxylic acids is 1. The maximum atomic E-state index is 12.9. The van der Waals surface area contributed by atoms with Crippen molar-refractivity contribution in [2.75, 3.05) is 6.54 Å². The van der Waals surface area contributed by atoms with E-state index in [2.05, 4.69) is 25.8 Å². The number of aromatic nitrogens is 5. The predicted molar refractivity (Wildman–Crippen MR) is 125 cm³/mol. The molecule has 0 aliphatic rings. The number of fused-ring (bicyclic) bond motifs is 3. The van der Waals surface area contributed by atoms with Gasteiger partial charge in [0.15, 0.2) is 0 Å². The van der Waals surface area contributed by atoms with E-state index in [1.165, 1.54) is 0 Å². The lowest BCUT2D eigenvalue weighted by Crippen LogP contribution is -2.11. The van der Waals surface area contributed by atoms with Crippen LogP contribution in [0.25, 0.3) is 44.1 Å². The molecule has 9 nitrogen and oxygen atoms in total. The van der Waals surface area contributed by atoms with Crippen LogP contribution in [-0.2, 0) is 11.3 Å². The van der Waals surface area contributed by atoms with Gasteiger partial charge in [0.1, 0.15) is 5.69 Å². The van der Waals surface area contributed by atoms with Gasteiger partial charge in [-0.15, -0.1) is 0 Å². The van der Waals surface area contributed by atoms with Crippen LogP contribution in [0.4, 0.5) is 0 Å². The SMILES string of the molecule is CC(=O)O.NCCCCn1cc(-c2nc3cc4[nH]ncc4cc3[nH]c2=O)c2ccccc21. The zero-order valence-corrected chi connectivity index (χ0v) is 17.6. The number of nitrogens with one attached hydrogen (secondary N) is 2. The largest absolute Gasteiger partial charge is 0.481 e. The van der Waals surface area contributed by atoms with Crippen LogP contribution in [0.15, 0.2) is 53.6 Å². The zero-order valence-electron chi connectivity index (χ0n) is 17.6. The van der Waals surface area contributed by atoms with Crippen molar-refractivity contribution in [3.63, 3.8) is 0 Å². The van der Waals surface area contributed by atoms with Crippen LogP contribution in [-0.4, -0.2) is 42.4 Å². The van der Waals surface area contributed by atoms with Crippen molar-refractivity contribution >= 4 is 38.8 Å². The van der Waals surface area contributed by atoms with Gasteiger partial charge in [-0.2, -0.15) is 5.10 Å². The fourth-order valence-electron chi connectivity index (χ4n) is 3.75. The molecule has 164 valence electrons. The summed E-state index contributed by atoms with van der Waals surface area (Å²) >= 11 is 0. The third-order valence-corrected chi connectivity index (χ3v) is 5.15. The van der Waals surface area contributed by atoms with Crippen molar-refractivity contribution in [3.05, 3.63) is 59.1 Å². The number of para-hydroxylation sites is 1. The van der Waals surface area contributed by atoms with Crippen molar-refractivity contribution in [1.82, 2.24) is 24.7 Å². The number of carboxylic acid groups (broad SMARTS) is 1. The molecule has 0 aliphatic heterocycles. The summed E-state index contributed by atoms with van der Waals surface area (Å²) in [7, 11) is 0. The summed E-state index contributed by atoms with van der Waals surface area (Å²) in [5, 5.41) is 16.4.